The van der Waals surface area contributed by atoms with E-state index >= 15 is 0 Å². The molecule has 2 unspecified atom stereocenters. The number of pyridine rings is 1. The predicted octanol–water partition coefficient (Wildman–Crippen LogP) is 5.38. The van der Waals surface area contributed by atoms with Gasteiger partial charge in [-0.1, -0.05) is 57.0 Å². The van der Waals surface area contributed by atoms with Crippen molar-refractivity contribution < 1.29 is 23.5 Å². The van der Waals surface area contributed by atoms with Crippen LogP contribution in [0.5, 0.6) is 0 Å². The molecule has 3 N–H and O–H groups in total. The Labute approximate surface area is 252 Å². The largest absolute Gasteiger partial charge is 0.390 e. The van der Waals surface area contributed by atoms with Gasteiger partial charge in [-0.15, -0.1) is 0 Å². The number of benzene rings is 2. The topological polar surface area (TPSA) is 94.6 Å². The second kappa shape index (κ2) is 15.2. The zero-order chi connectivity index (χ0) is 30.8. The molecule has 0 saturated heterocycles. The summed E-state index contributed by atoms with van der Waals surface area (Å²) < 4.78 is 28.1. The van der Waals surface area contributed by atoms with E-state index in [1.165, 1.54) is 30.6 Å². The molecule has 2 amide bonds. The first-order valence-electron chi connectivity index (χ1n) is 15.2. The maximum atomic E-state index is 14.0. The van der Waals surface area contributed by atoms with Crippen LogP contribution in [0.1, 0.15) is 84.2 Å². The van der Waals surface area contributed by atoms with Crippen molar-refractivity contribution in [2.45, 2.75) is 76.5 Å². The molecule has 0 radical (unpaired) electrons. The minimum absolute atomic E-state index is 0.00552. The summed E-state index contributed by atoms with van der Waals surface area (Å²) in [6.07, 6.45) is 7.25. The smallest absolute Gasteiger partial charge is 0.255 e. The van der Waals surface area contributed by atoms with Crippen LogP contribution in [0.15, 0.2) is 67.0 Å². The number of halogens is 2. The molecule has 1 heterocycles. The van der Waals surface area contributed by atoms with Gasteiger partial charge in [0.2, 0.25) is 0 Å². The third-order valence-corrected chi connectivity index (χ3v) is 8.11. The highest BCUT2D eigenvalue weighted by Gasteiger charge is 2.36. The van der Waals surface area contributed by atoms with Gasteiger partial charge in [0.05, 0.1) is 23.3 Å². The number of aromatic nitrogens is 1. The van der Waals surface area contributed by atoms with Gasteiger partial charge >= 0.3 is 0 Å². The lowest BCUT2D eigenvalue weighted by Crippen LogP contribution is -2.52. The molecular weight excluding hydrogens is 550 g/mol. The molecule has 3 aromatic rings. The van der Waals surface area contributed by atoms with Crippen LogP contribution in [0, 0.1) is 11.6 Å². The van der Waals surface area contributed by atoms with Gasteiger partial charge in [0.15, 0.2) is 0 Å². The van der Waals surface area contributed by atoms with Crippen LogP contribution in [0.2, 0.25) is 0 Å². The minimum Gasteiger partial charge on any atom is -0.390 e. The Hall–Kier alpha value is -3.69. The zero-order valence-electron chi connectivity index (χ0n) is 25.0. The maximum Gasteiger partial charge on any atom is 0.255 e. The molecule has 1 aromatic heterocycles. The molecular formula is C34H42F2N4O3. The monoisotopic (exact) mass is 592 g/mol. The van der Waals surface area contributed by atoms with E-state index in [1.54, 1.807) is 4.90 Å². The fourth-order valence-electron chi connectivity index (χ4n) is 5.98. The normalized spacial score (nSPS) is 15.6. The Morgan fingerprint density at radius 3 is 2.21 bits per heavy atom. The average molecular weight is 593 g/mol. The molecule has 1 aliphatic carbocycles. The van der Waals surface area contributed by atoms with Crippen LogP contribution in [0.4, 0.5) is 8.78 Å². The van der Waals surface area contributed by atoms with E-state index in [1.807, 2.05) is 32.0 Å². The van der Waals surface area contributed by atoms with Gasteiger partial charge in [0.1, 0.15) is 11.6 Å². The lowest BCUT2D eigenvalue weighted by molar-refractivity contribution is 0.0755. The fraction of sp³-hybridized carbons (Fsp3) is 0.441. The number of amides is 2. The molecule has 7 nitrogen and oxygen atoms in total. The zero-order valence-corrected chi connectivity index (χ0v) is 25.0. The van der Waals surface area contributed by atoms with Crippen LogP contribution >= 0.6 is 0 Å². The standard InChI is InChI=1S/C34H42F2N4O3/c1-3-14-40(15-4-2)33(43)26-19-25(21-37-22-26)32(42)39-30(18-24-16-28(35)20-29(36)17-24)31(41)23-38-34(12-8-9-13-34)27-10-6-5-7-11-27/h5-7,10-11,16-17,19-22,30-31,38,41H,3-4,8-9,12-15,18,23H2,1-2H3,(H,39,42). The number of hydrogen-bond donors (Lipinski definition) is 3. The minimum atomic E-state index is -1.08. The number of aliphatic hydroxyl groups is 1. The van der Waals surface area contributed by atoms with Crippen molar-refractivity contribution in [1.82, 2.24) is 20.5 Å². The van der Waals surface area contributed by atoms with Crippen molar-refractivity contribution in [3.63, 3.8) is 0 Å². The molecule has 43 heavy (non-hydrogen) atoms. The second-order valence-electron chi connectivity index (χ2n) is 11.4. The van der Waals surface area contributed by atoms with Gasteiger partial charge in [0, 0.05) is 43.6 Å². The summed E-state index contributed by atoms with van der Waals surface area (Å²) in [4.78, 5) is 32.5. The first-order chi connectivity index (χ1) is 20.7. The van der Waals surface area contributed by atoms with Gasteiger partial charge < -0.3 is 20.6 Å². The number of carbonyl (C=O) groups is 2. The number of nitrogens with one attached hydrogen (secondary N) is 2. The summed E-state index contributed by atoms with van der Waals surface area (Å²) in [5.41, 5.74) is 1.60. The molecule has 1 fully saturated rings. The first-order valence-corrected chi connectivity index (χ1v) is 15.2. The Balaban J connectivity index is 1.55. The Bertz CT molecular complexity index is 1340. The highest BCUT2D eigenvalue weighted by Crippen LogP contribution is 2.38. The summed E-state index contributed by atoms with van der Waals surface area (Å²) in [6.45, 7) is 5.34. The van der Waals surface area contributed by atoms with E-state index in [0.717, 1.165) is 50.2 Å². The summed E-state index contributed by atoms with van der Waals surface area (Å²) >= 11 is 0. The molecule has 0 spiro atoms. The molecule has 0 bridgehead atoms. The first kappa shape index (κ1) is 32.2. The van der Waals surface area contributed by atoms with Crippen LogP contribution in [0.25, 0.3) is 0 Å². The van der Waals surface area contributed by atoms with Gasteiger partial charge in [-0.2, -0.15) is 0 Å². The van der Waals surface area contributed by atoms with Crippen LogP contribution < -0.4 is 10.6 Å². The van der Waals surface area contributed by atoms with Crippen LogP contribution in [-0.2, 0) is 12.0 Å². The molecule has 230 valence electrons. The fourth-order valence-corrected chi connectivity index (χ4v) is 5.98. The van der Waals surface area contributed by atoms with Crippen molar-refractivity contribution in [3.05, 3.63) is 101 Å². The third kappa shape index (κ3) is 8.45. The molecule has 2 aromatic carbocycles. The maximum absolute atomic E-state index is 14.0. The molecule has 1 saturated carbocycles. The Morgan fingerprint density at radius 1 is 0.953 bits per heavy atom. The van der Waals surface area contributed by atoms with Gasteiger partial charge in [-0.25, -0.2) is 8.78 Å². The molecule has 1 aliphatic rings. The van der Waals surface area contributed by atoms with Crippen LogP contribution in [0.3, 0.4) is 0 Å². The highest BCUT2D eigenvalue weighted by molar-refractivity contribution is 5.99. The number of hydrogen-bond acceptors (Lipinski definition) is 5. The van der Waals surface area contributed by atoms with E-state index in [-0.39, 0.29) is 30.0 Å². The van der Waals surface area contributed by atoms with Gasteiger partial charge in [0.25, 0.3) is 11.8 Å². The van der Waals surface area contributed by atoms with E-state index in [9.17, 15) is 23.5 Å². The number of aliphatic hydroxyl groups excluding tert-OH is 1. The molecule has 2 atom stereocenters. The van der Waals surface area contributed by atoms with Crippen molar-refractivity contribution in [1.29, 1.82) is 0 Å². The summed E-state index contributed by atoms with van der Waals surface area (Å²) in [5.74, 6) is -2.22. The number of nitrogens with zero attached hydrogens (tertiary/aromatic N) is 2. The van der Waals surface area contributed by atoms with Crippen molar-refractivity contribution in [3.8, 4) is 0 Å². The Kier molecular flexibility index (Phi) is 11.4. The van der Waals surface area contributed by atoms with E-state index in [0.29, 0.717) is 24.2 Å². The van der Waals surface area contributed by atoms with E-state index < -0.39 is 29.7 Å². The lowest BCUT2D eigenvalue weighted by Gasteiger charge is -2.34. The predicted molar refractivity (Wildman–Crippen MR) is 163 cm³/mol. The van der Waals surface area contributed by atoms with Gasteiger partial charge in [-0.3, -0.25) is 14.6 Å². The average Bonchev–Trinajstić information content (AvgIpc) is 3.49. The molecule has 4 rings (SSSR count). The quantitative estimate of drug-likeness (QED) is 0.234. The SMILES string of the molecule is CCCN(CCC)C(=O)c1cncc(C(=O)NC(Cc2cc(F)cc(F)c2)C(O)CNC2(c3ccccc3)CCCC2)c1. The third-order valence-electron chi connectivity index (χ3n) is 8.11. The van der Waals surface area contributed by atoms with Crippen molar-refractivity contribution >= 4 is 11.8 Å². The number of rotatable bonds is 14. The summed E-state index contributed by atoms with van der Waals surface area (Å²) in [7, 11) is 0. The van der Waals surface area contributed by atoms with E-state index in [4.69, 9.17) is 0 Å². The lowest BCUT2D eigenvalue weighted by atomic mass is 9.87. The Morgan fingerprint density at radius 2 is 1.58 bits per heavy atom. The van der Waals surface area contributed by atoms with E-state index in [2.05, 4.69) is 27.8 Å². The van der Waals surface area contributed by atoms with Gasteiger partial charge in [-0.05, 0) is 61.4 Å². The van der Waals surface area contributed by atoms with Crippen LogP contribution in [-0.4, -0.2) is 58.6 Å². The van der Waals surface area contributed by atoms with Crippen molar-refractivity contribution in [2.24, 2.45) is 0 Å². The number of carbonyl (C=O) groups excluding carboxylic acids is 2. The summed E-state index contributed by atoms with van der Waals surface area (Å²) in [6, 6.07) is 13.9. The molecule has 0 aliphatic heterocycles. The summed E-state index contributed by atoms with van der Waals surface area (Å²) in [5, 5.41) is 17.8. The van der Waals surface area contributed by atoms with Crippen molar-refractivity contribution in [2.75, 3.05) is 19.6 Å². The molecule has 9 heteroatoms. The second-order valence-corrected chi connectivity index (χ2v) is 11.4. The highest BCUT2D eigenvalue weighted by atomic mass is 19.1.